The van der Waals surface area contributed by atoms with Gasteiger partial charge in [0.1, 0.15) is 5.56 Å². The second kappa shape index (κ2) is 8.90. The zero-order valence-electron chi connectivity index (χ0n) is 15.8. The summed E-state index contributed by atoms with van der Waals surface area (Å²) < 4.78 is 12.1. The molecule has 28 heavy (non-hydrogen) atoms. The Bertz CT molecular complexity index is 949. The third kappa shape index (κ3) is 4.06. The Morgan fingerprint density at radius 3 is 2.04 bits per heavy atom. The number of anilines is 1. The Balaban J connectivity index is 2.21. The molecule has 3 rings (SSSR count). The maximum absolute atomic E-state index is 12.8. The van der Waals surface area contributed by atoms with E-state index in [2.05, 4.69) is 5.43 Å². The van der Waals surface area contributed by atoms with E-state index in [1.165, 1.54) is 0 Å². The molecule has 0 aliphatic rings. The molecule has 1 heterocycles. The van der Waals surface area contributed by atoms with Crippen LogP contribution in [-0.2, 0) is 9.47 Å². The largest absolute Gasteiger partial charge is 0.462 e. The van der Waals surface area contributed by atoms with E-state index in [1.54, 1.807) is 24.7 Å². The average molecular weight is 378 g/mol. The fraction of sp³-hybridized carbons (Fsp3) is 0.182. The predicted octanol–water partition coefficient (Wildman–Crippen LogP) is 4.38. The van der Waals surface area contributed by atoms with E-state index in [9.17, 15) is 9.59 Å². The van der Waals surface area contributed by atoms with Crippen LogP contribution in [0.4, 0.5) is 5.69 Å². The van der Waals surface area contributed by atoms with Gasteiger partial charge >= 0.3 is 11.9 Å². The highest BCUT2D eigenvalue weighted by Crippen LogP contribution is 2.30. The molecule has 144 valence electrons. The molecule has 0 saturated heterocycles. The molecular formula is C22H22N2O4. The van der Waals surface area contributed by atoms with E-state index >= 15 is 0 Å². The molecule has 0 amide bonds. The quantitative estimate of drug-likeness (QED) is 0.618. The van der Waals surface area contributed by atoms with Gasteiger partial charge in [0, 0.05) is 11.8 Å². The van der Waals surface area contributed by atoms with Gasteiger partial charge in [0.15, 0.2) is 0 Å². The number of hydrogen-bond donors (Lipinski definition) is 1. The lowest BCUT2D eigenvalue weighted by Gasteiger charge is -2.13. The number of nitrogens with one attached hydrogen (secondary N) is 1. The molecule has 6 nitrogen and oxygen atoms in total. The van der Waals surface area contributed by atoms with Crippen LogP contribution in [0.3, 0.4) is 0 Å². The van der Waals surface area contributed by atoms with E-state index in [0.717, 1.165) is 11.3 Å². The van der Waals surface area contributed by atoms with Crippen LogP contribution in [0, 0.1) is 0 Å². The molecule has 2 aromatic carbocycles. The summed E-state index contributed by atoms with van der Waals surface area (Å²) in [7, 11) is 0. The lowest BCUT2D eigenvalue weighted by Crippen LogP contribution is -2.13. The minimum absolute atomic E-state index is 0.155. The molecule has 0 radical (unpaired) electrons. The number of aromatic nitrogens is 1. The van der Waals surface area contributed by atoms with Crippen LogP contribution in [0.5, 0.6) is 0 Å². The Hall–Kier alpha value is -3.54. The monoisotopic (exact) mass is 378 g/mol. The normalized spacial score (nSPS) is 10.4. The van der Waals surface area contributed by atoms with Crippen molar-refractivity contribution in [1.82, 2.24) is 4.68 Å². The van der Waals surface area contributed by atoms with Crippen LogP contribution in [0.25, 0.3) is 11.3 Å². The van der Waals surface area contributed by atoms with E-state index < -0.39 is 11.9 Å². The number of rotatable bonds is 7. The van der Waals surface area contributed by atoms with Crippen molar-refractivity contribution in [3.05, 3.63) is 78.0 Å². The zero-order chi connectivity index (χ0) is 19.9. The van der Waals surface area contributed by atoms with Crippen molar-refractivity contribution in [2.45, 2.75) is 13.8 Å². The maximum atomic E-state index is 12.8. The molecule has 0 atom stereocenters. The second-order valence-corrected chi connectivity index (χ2v) is 5.92. The van der Waals surface area contributed by atoms with Crippen LogP contribution in [0.2, 0.25) is 0 Å². The molecule has 0 spiro atoms. The highest BCUT2D eigenvalue weighted by Gasteiger charge is 2.29. The number of carbonyl (C=O) groups is 2. The number of nitrogens with zero attached hydrogens (tertiary/aromatic N) is 1. The van der Waals surface area contributed by atoms with Gasteiger partial charge in [-0.05, 0) is 26.0 Å². The Kier molecular flexibility index (Phi) is 6.11. The van der Waals surface area contributed by atoms with Gasteiger partial charge in [-0.15, -0.1) is 0 Å². The van der Waals surface area contributed by atoms with Crippen molar-refractivity contribution in [2.24, 2.45) is 0 Å². The molecular weight excluding hydrogens is 356 g/mol. The lowest BCUT2D eigenvalue weighted by molar-refractivity contribution is 0.0481. The van der Waals surface area contributed by atoms with Gasteiger partial charge in [0.05, 0.1) is 30.2 Å². The summed E-state index contributed by atoms with van der Waals surface area (Å²) in [5, 5.41) is 0. The molecule has 0 aliphatic heterocycles. The van der Waals surface area contributed by atoms with E-state index in [0.29, 0.717) is 5.69 Å². The summed E-state index contributed by atoms with van der Waals surface area (Å²) in [5.41, 5.74) is 5.67. The van der Waals surface area contributed by atoms with Gasteiger partial charge in [0.2, 0.25) is 0 Å². The number of ether oxygens (including phenoxy) is 2. The van der Waals surface area contributed by atoms with Crippen LogP contribution >= 0.6 is 0 Å². The molecule has 1 aromatic heterocycles. The van der Waals surface area contributed by atoms with Crippen LogP contribution in [0.1, 0.15) is 34.6 Å². The number of carbonyl (C=O) groups excluding carboxylic acids is 2. The van der Waals surface area contributed by atoms with Gasteiger partial charge in [-0.25, -0.2) is 9.59 Å². The topological polar surface area (TPSA) is 69.6 Å². The highest BCUT2D eigenvalue weighted by molar-refractivity contribution is 6.08. The second-order valence-electron chi connectivity index (χ2n) is 5.92. The van der Waals surface area contributed by atoms with Gasteiger partial charge < -0.3 is 9.47 Å². The summed E-state index contributed by atoms with van der Waals surface area (Å²) >= 11 is 0. The Morgan fingerprint density at radius 2 is 1.43 bits per heavy atom. The van der Waals surface area contributed by atoms with Crippen molar-refractivity contribution >= 4 is 17.6 Å². The fourth-order valence-electron chi connectivity index (χ4n) is 2.90. The molecule has 0 bridgehead atoms. The molecule has 1 N–H and O–H groups in total. The predicted molar refractivity (Wildman–Crippen MR) is 107 cm³/mol. The van der Waals surface area contributed by atoms with Gasteiger partial charge in [-0.3, -0.25) is 10.1 Å². The maximum Gasteiger partial charge on any atom is 0.341 e. The van der Waals surface area contributed by atoms with Crippen LogP contribution in [0.15, 0.2) is 66.9 Å². The van der Waals surface area contributed by atoms with Crippen LogP contribution in [-0.4, -0.2) is 29.8 Å². The Labute approximate surface area is 163 Å². The zero-order valence-corrected chi connectivity index (χ0v) is 15.8. The van der Waals surface area contributed by atoms with E-state index in [1.807, 2.05) is 60.7 Å². The molecule has 0 aliphatic carbocycles. The van der Waals surface area contributed by atoms with Crippen molar-refractivity contribution in [2.75, 3.05) is 18.6 Å². The summed E-state index contributed by atoms with van der Waals surface area (Å²) in [4.78, 5) is 25.3. The lowest BCUT2D eigenvalue weighted by atomic mass is 10.0. The minimum Gasteiger partial charge on any atom is -0.462 e. The van der Waals surface area contributed by atoms with Gasteiger partial charge in [0.25, 0.3) is 0 Å². The molecule has 3 aromatic rings. The van der Waals surface area contributed by atoms with Gasteiger partial charge in [-0.1, -0.05) is 48.5 Å². The van der Waals surface area contributed by atoms with E-state index in [-0.39, 0.29) is 24.3 Å². The number of para-hydroxylation sites is 1. The first-order chi connectivity index (χ1) is 13.7. The average Bonchev–Trinajstić information content (AvgIpc) is 3.09. The van der Waals surface area contributed by atoms with E-state index in [4.69, 9.17) is 9.47 Å². The number of esters is 2. The summed E-state index contributed by atoms with van der Waals surface area (Å²) in [6.45, 7) is 3.86. The smallest absolute Gasteiger partial charge is 0.341 e. The summed E-state index contributed by atoms with van der Waals surface area (Å²) in [6, 6.07) is 18.9. The van der Waals surface area contributed by atoms with Crippen molar-refractivity contribution in [3.8, 4) is 11.3 Å². The van der Waals surface area contributed by atoms with Crippen molar-refractivity contribution in [1.29, 1.82) is 0 Å². The molecule has 0 fully saturated rings. The SMILES string of the molecule is CCOC(=O)c1cn(Nc2ccccc2)c(-c2ccccc2)c1C(=O)OCC. The minimum atomic E-state index is -0.573. The standard InChI is InChI=1S/C22H22N2O4/c1-3-27-21(25)18-15-24(23-17-13-9-6-10-14-17)20(16-11-7-5-8-12-16)19(18)22(26)28-4-2/h5-15,23H,3-4H2,1-2H3. The third-order valence-electron chi connectivity index (χ3n) is 4.05. The number of benzene rings is 2. The first kappa shape index (κ1) is 19.2. The van der Waals surface area contributed by atoms with Crippen LogP contribution < -0.4 is 5.43 Å². The first-order valence-corrected chi connectivity index (χ1v) is 9.12. The fourth-order valence-corrected chi connectivity index (χ4v) is 2.90. The summed E-state index contributed by atoms with van der Waals surface area (Å²) in [5.74, 6) is -1.14. The van der Waals surface area contributed by atoms with Crippen molar-refractivity contribution in [3.63, 3.8) is 0 Å². The highest BCUT2D eigenvalue weighted by atomic mass is 16.5. The molecule has 0 saturated carbocycles. The number of hydrogen-bond acceptors (Lipinski definition) is 5. The molecule has 0 unspecified atom stereocenters. The molecule has 6 heteroatoms. The first-order valence-electron chi connectivity index (χ1n) is 9.12. The summed E-state index contributed by atoms with van der Waals surface area (Å²) in [6.07, 6.45) is 1.57. The van der Waals surface area contributed by atoms with Crippen molar-refractivity contribution < 1.29 is 19.1 Å². The Morgan fingerprint density at radius 1 is 0.857 bits per heavy atom. The third-order valence-corrected chi connectivity index (χ3v) is 4.05. The van der Waals surface area contributed by atoms with Gasteiger partial charge in [-0.2, -0.15) is 0 Å².